The van der Waals surface area contributed by atoms with Gasteiger partial charge in [0, 0.05) is 5.69 Å². The van der Waals surface area contributed by atoms with Gasteiger partial charge in [-0.15, -0.1) is 0 Å². The normalized spacial score (nSPS) is 12.0. The van der Waals surface area contributed by atoms with Crippen LogP contribution >= 0.6 is 0 Å². The van der Waals surface area contributed by atoms with Crippen LogP contribution in [0.4, 0.5) is 5.69 Å². The van der Waals surface area contributed by atoms with E-state index in [1.165, 1.54) is 12.8 Å². The molecule has 0 aromatic heterocycles. The number of esters is 1. The fourth-order valence-corrected chi connectivity index (χ4v) is 2.40. The van der Waals surface area contributed by atoms with Crippen molar-refractivity contribution in [3.8, 4) is 5.75 Å². The number of hydrogen-bond acceptors (Lipinski definition) is 4. The van der Waals surface area contributed by atoms with Crippen molar-refractivity contribution in [3.05, 3.63) is 23.8 Å². The molecule has 21 heavy (non-hydrogen) atoms. The van der Waals surface area contributed by atoms with Crippen LogP contribution in [0.15, 0.2) is 18.2 Å². The Hall–Kier alpha value is -1.71. The average Bonchev–Trinajstić information content (AvgIpc) is 2.48. The van der Waals surface area contributed by atoms with Crippen LogP contribution in [0.25, 0.3) is 0 Å². The number of methoxy groups -OCH3 is 1. The molecule has 4 heteroatoms. The van der Waals surface area contributed by atoms with Gasteiger partial charge in [0.05, 0.1) is 19.6 Å². The molecule has 1 atom stereocenters. The monoisotopic (exact) mass is 293 g/mol. The van der Waals surface area contributed by atoms with Crippen LogP contribution in [0.2, 0.25) is 0 Å². The maximum Gasteiger partial charge on any atom is 0.313 e. The molecule has 0 saturated heterocycles. The summed E-state index contributed by atoms with van der Waals surface area (Å²) in [4.78, 5) is 12.2. The van der Waals surface area contributed by atoms with Crippen molar-refractivity contribution in [1.29, 1.82) is 0 Å². The Morgan fingerprint density at radius 3 is 2.62 bits per heavy atom. The van der Waals surface area contributed by atoms with Gasteiger partial charge >= 0.3 is 5.97 Å². The van der Waals surface area contributed by atoms with E-state index in [1.54, 1.807) is 19.2 Å². The summed E-state index contributed by atoms with van der Waals surface area (Å²) in [5.41, 5.74) is 7.47. The van der Waals surface area contributed by atoms with Gasteiger partial charge in [0.25, 0.3) is 0 Å². The number of benzene rings is 1. The van der Waals surface area contributed by atoms with Crippen molar-refractivity contribution >= 4 is 11.7 Å². The molecule has 1 aromatic carbocycles. The van der Waals surface area contributed by atoms with Crippen molar-refractivity contribution in [2.45, 2.75) is 51.9 Å². The van der Waals surface area contributed by atoms with Crippen molar-refractivity contribution in [1.82, 2.24) is 0 Å². The number of anilines is 1. The first kappa shape index (κ1) is 17.3. The van der Waals surface area contributed by atoms with Crippen LogP contribution in [0, 0.1) is 0 Å². The van der Waals surface area contributed by atoms with Gasteiger partial charge in [-0.25, -0.2) is 0 Å². The summed E-state index contributed by atoms with van der Waals surface area (Å²) in [6.07, 6.45) is 5.23. The van der Waals surface area contributed by atoms with Gasteiger partial charge in [-0.05, 0) is 37.1 Å². The quantitative estimate of drug-likeness (QED) is 0.426. The minimum Gasteiger partial charge on any atom is -0.497 e. The zero-order chi connectivity index (χ0) is 15.7. The number of nitrogen functional groups attached to an aromatic ring is 1. The summed E-state index contributed by atoms with van der Waals surface area (Å²) in [6.45, 7) is 4.37. The van der Waals surface area contributed by atoms with Gasteiger partial charge in [-0.2, -0.15) is 0 Å². The minimum atomic E-state index is -0.308. The van der Waals surface area contributed by atoms with Crippen molar-refractivity contribution < 1.29 is 14.3 Å². The molecule has 0 spiro atoms. The number of ether oxygens (including phenoxy) is 2. The zero-order valence-corrected chi connectivity index (χ0v) is 13.4. The van der Waals surface area contributed by atoms with Gasteiger partial charge in [0.15, 0.2) is 0 Å². The number of rotatable bonds is 9. The van der Waals surface area contributed by atoms with Crippen LogP contribution in [-0.2, 0) is 9.53 Å². The van der Waals surface area contributed by atoms with Crippen LogP contribution < -0.4 is 10.5 Å². The second-order valence-electron chi connectivity index (χ2n) is 5.15. The fourth-order valence-electron chi connectivity index (χ4n) is 2.40. The van der Waals surface area contributed by atoms with Crippen LogP contribution in [0.1, 0.15) is 57.4 Å². The molecule has 0 aliphatic carbocycles. The Bertz CT molecular complexity index is 446. The third-order valence-corrected chi connectivity index (χ3v) is 3.59. The number of carbonyl (C=O) groups excluding carboxylic acids is 1. The molecule has 2 N–H and O–H groups in total. The second-order valence-corrected chi connectivity index (χ2v) is 5.15. The van der Waals surface area contributed by atoms with E-state index in [4.69, 9.17) is 15.2 Å². The SMILES string of the molecule is CCCCCCC(C(=O)OCC)c1cc(OC)ccc1N. The first-order valence-electron chi connectivity index (χ1n) is 7.74. The number of nitrogens with two attached hydrogens (primary N) is 1. The van der Waals surface area contributed by atoms with E-state index in [9.17, 15) is 4.79 Å². The van der Waals surface area contributed by atoms with Crippen LogP contribution in [0.5, 0.6) is 5.75 Å². The molecule has 0 saturated carbocycles. The first-order chi connectivity index (χ1) is 10.1. The molecule has 118 valence electrons. The summed E-state index contributed by atoms with van der Waals surface area (Å²) >= 11 is 0. The lowest BCUT2D eigenvalue weighted by Crippen LogP contribution is -2.17. The van der Waals surface area contributed by atoms with Crippen molar-refractivity contribution in [2.24, 2.45) is 0 Å². The summed E-state index contributed by atoms with van der Waals surface area (Å²) in [7, 11) is 1.61. The van der Waals surface area contributed by atoms with Gasteiger partial charge in [0.2, 0.25) is 0 Å². The molecule has 0 fully saturated rings. The third kappa shape index (κ3) is 5.29. The lowest BCUT2D eigenvalue weighted by Gasteiger charge is -2.18. The molecule has 4 nitrogen and oxygen atoms in total. The fraction of sp³-hybridized carbons (Fsp3) is 0.588. The van der Waals surface area contributed by atoms with Gasteiger partial charge in [-0.3, -0.25) is 4.79 Å². The molecule has 0 bridgehead atoms. The molecular formula is C17H27NO3. The predicted octanol–water partition coefficient (Wildman–Crippen LogP) is 3.89. The van der Waals surface area contributed by atoms with E-state index in [1.807, 2.05) is 13.0 Å². The maximum absolute atomic E-state index is 12.2. The zero-order valence-electron chi connectivity index (χ0n) is 13.4. The minimum absolute atomic E-state index is 0.200. The number of carbonyl (C=O) groups is 1. The number of hydrogen-bond donors (Lipinski definition) is 1. The smallest absolute Gasteiger partial charge is 0.313 e. The summed E-state index contributed by atoms with van der Waals surface area (Å²) in [5, 5.41) is 0. The number of unbranched alkanes of at least 4 members (excludes halogenated alkanes) is 3. The highest BCUT2D eigenvalue weighted by atomic mass is 16.5. The molecule has 0 radical (unpaired) electrons. The van der Waals surface area contributed by atoms with Gasteiger partial charge < -0.3 is 15.2 Å². The molecule has 1 rings (SSSR count). The van der Waals surface area contributed by atoms with E-state index in [0.717, 1.165) is 24.8 Å². The molecule has 1 aromatic rings. The predicted molar refractivity (Wildman–Crippen MR) is 85.5 cm³/mol. The van der Waals surface area contributed by atoms with Gasteiger partial charge in [0.1, 0.15) is 5.75 Å². The van der Waals surface area contributed by atoms with E-state index in [-0.39, 0.29) is 11.9 Å². The Morgan fingerprint density at radius 1 is 1.24 bits per heavy atom. The van der Waals surface area contributed by atoms with Crippen LogP contribution in [-0.4, -0.2) is 19.7 Å². The summed E-state index contributed by atoms with van der Waals surface area (Å²) in [6, 6.07) is 5.43. The highest BCUT2D eigenvalue weighted by molar-refractivity contribution is 5.80. The summed E-state index contributed by atoms with van der Waals surface area (Å²) in [5.74, 6) is 0.202. The van der Waals surface area contributed by atoms with E-state index in [0.29, 0.717) is 18.0 Å². The lowest BCUT2D eigenvalue weighted by molar-refractivity contribution is -0.145. The van der Waals surface area contributed by atoms with Crippen molar-refractivity contribution in [2.75, 3.05) is 19.5 Å². The average molecular weight is 293 g/mol. The molecule has 0 aliphatic heterocycles. The molecule has 0 aliphatic rings. The van der Waals surface area contributed by atoms with E-state index < -0.39 is 0 Å². The second kappa shape index (κ2) is 9.27. The Labute approximate surface area is 127 Å². The largest absolute Gasteiger partial charge is 0.497 e. The van der Waals surface area contributed by atoms with E-state index in [2.05, 4.69) is 6.92 Å². The molecule has 0 amide bonds. The van der Waals surface area contributed by atoms with Crippen LogP contribution in [0.3, 0.4) is 0 Å². The first-order valence-corrected chi connectivity index (χ1v) is 7.74. The molecular weight excluding hydrogens is 266 g/mol. The van der Waals surface area contributed by atoms with Gasteiger partial charge in [-0.1, -0.05) is 32.6 Å². The summed E-state index contributed by atoms with van der Waals surface area (Å²) < 4.78 is 10.4. The topological polar surface area (TPSA) is 61.5 Å². The third-order valence-electron chi connectivity index (χ3n) is 3.59. The Balaban J connectivity index is 2.91. The highest BCUT2D eigenvalue weighted by Gasteiger charge is 2.24. The van der Waals surface area contributed by atoms with E-state index >= 15 is 0 Å². The Morgan fingerprint density at radius 2 is 2.00 bits per heavy atom. The highest BCUT2D eigenvalue weighted by Crippen LogP contribution is 2.31. The van der Waals surface area contributed by atoms with Crippen molar-refractivity contribution in [3.63, 3.8) is 0 Å². The Kier molecular flexibility index (Phi) is 7.65. The standard InChI is InChI=1S/C17H27NO3/c1-4-6-7-8-9-14(17(19)21-5-2)15-12-13(20-3)10-11-16(15)18/h10-12,14H,4-9,18H2,1-3H3. The molecule has 0 heterocycles. The molecule has 1 unspecified atom stereocenters. The maximum atomic E-state index is 12.2. The lowest BCUT2D eigenvalue weighted by atomic mass is 9.91.